The van der Waals surface area contributed by atoms with E-state index in [0.29, 0.717) is 5.92 Å². The molecule has 4 rings (SSSR count). The van der Waals surface area contributed by atoms with Crippen LogP contribution in [0.1, 0.15) is 12.8 Å². The predicted octanol–water partition coefficient (Wildman–Crippen LogP) is 2.19. The summed E-state index contributed by atoms with van der Waals surface area (Å²) in [5, 5.41) is 0.0934. The molecule has 3 fully saturated rings. The van der Waals surface area contributed by atoms with Gasteiger partial charge in [-0.05, 0) is 50.0 Å². The first-order valence-electron chi connectivity index (χ1n) is 7.04. The summed E-state index contributed by atoms with van der Waals surface area (Å²) in [4.78, 5) is 2.21. The van der Waals surface area contributed by atoms with Crippen molar-refractivity contribution in [2.24, 2.45) is 5.92 Å². The van der Waals surface area contributed by atoms with Crippen molar-refractivity contribution in [2.75, 3.05) is 26.7 Å². The fraction of sp³-hybridized carbons (Fsp3) is 0.571. The molecule has 1 atom stereocenters. The average Bonchev–Trinajstić information content (AvgIpc) is 2.46. The van der Waals surface area contributed by atoms with Crippen LogP contribution in [0.3, 0.4) is 0 Å². The van der Waals surface area contributed by atoms with Gasteiger partial charge in [0.25, 0.3) is 0 Å². The minimum Gasteiger partial charge on any atom is -0.302 e. The maximum atomic E-state index is 13.4. The summed E-state index contributed by atoms with van der Waals surface area (Å²) in [6.45, 7) is 2.84. The first kappa shape index (κ1) is 15.2. The van der Waals surface area contributed by atoms with E-state index < -0.39 is 15.8 Å². The van der Waals surface area contributed by atoms with Crippen molar-refractivity contribution in [3.63, 3.8) is 0 Å². The van der Waals surface area contributed by atoms with Crippen LogP contribution >= 0.6 is 11.6 Å². The van der Waals surface area contributed by atoms with Gasteiger partial charge >= 0.3 is 0 Å². The molecule has 0 N–H and O–H groups in total. The summed E-state index contributed by atoms with van der Waals surface area (Å²) in [6, 6.07) is 3.39. The Bertz CT molecular complexity index is 624. The Hall–Kier alpha value is -0.690. The van der Waals surface area contributed by atoms with Gasteiger partial charge in [0.1, 0.15) is 5.82 Å². The molecule has 3 saturated heterocycles. The number of piperidine rings is 3. The van der Waals surface area contributed by atoms with E-state index in [2.05, 4.69) is 4.90 Å². The molecule has 1 aromatic carbocycles. The third-order valence-corrected chi connectivity index (χ3v) is 6.68. The van der Waals surface area contributed by atoms with Crippen molar-refractivity contribution in [3.05, 3.63) is 29.0 Å². The lowest BCUT2D eigenvalue weighted by Gasteiger charge is -2.47. The summed E-state index contributed by atoms with van der Waals surface area (Å²) in [7, 11) is -2.14. The maximum Gasteiger partial charge on any atom is 0.243 e. The Labute approximate surface area is 129 Å². The molecular formula is C14H18ClFN2O2S. The Morgan fingerprint density at radius 3 is 2.48 bits per heavy atom. The van der Waals surface area contributed by atoms with Crippen LogP contribution in [-0.4, -0.2) is 50.3 Å². The van der Waals surface area contributed by atoms with Crippen molar-refractivity contribution in [2.45, 2.75) is 23.8 Å². The largest absolute Gasteiger partial charge is 0.302 e. The Balaban J connectivity index is 1.90. The minimum atomic E-state index is -3.72. The van der Waals surface area contributed by atoms with Gasteiger partial charge in [-0.3, -0.25) is 0 Å². The molecule has 0 spiro atoms. The lowest BCUT2D eigenvalue weighted by molar-refractivity contribution is 0.0465. The number of hydrogen-bond acceptors (Lipinski definition) is 3. The van der Waals surface area contributed by atoms with Crippen LogP contribution in [0, 0.1) is 11.7 Å². The molecule has 0 aromatic heterocycles. The van der Waals surface area contributed by atoms with Crippen molar-refractivity contribution in [1.82, 2.24) is 9.21 Å². The lowest BCUT2D eigenvalue weighted by atomic mass is 9.84. The third-order valence-electron chi connectivity index (χ3n) is 4.60. The van der Waals surface area contributed by atoms with Gasteiger partial charge < -0.3 is 4.90 Å². The smallest absolute Gasteiger partial charge is 0.243 e. The quantitative estimate of drug-likeness (QED) is 0.852. The van der Waals surface area contributed by atoms with Crippen LogP contribution in [0.5, 0.6) is 0 Å². The fourth-order valence-corrected chi connectivity index (χ4v) is 5.12. The molecule has 0 aliphatic carbocycles. The number of halogens is 2. The molecule has 7 heteroatoms. The predicted molar refractivity (Wildman–Crippen MR) is 79.3 cm³/mol. The Morgan fingerprint density at radius 2 is 1.95 bits per heavy atom. The summed E-state index contributed by atoms with van der Waals surface area (Å²) < 4.78 is 40.2. The van der Waals surface area contributed by atoms with E-state index in [1.807, 2.05) is 0 Å². The zero-order valence-corrected chi connectivity index (χ0v) is 13.4. The van der Waals surface area contributed by atoms with Gasteiger partial charge in [0.2, 0.25) is 10.0 Å². The Kier molecular flexibility index (Phi) is 3.98. The number of hydrogen-bond donors (Lipinski definition) is 0. The molecule has 3 heterocycles. The lowest BCUT2D eigenvalue weighted by Crippen LogP contribution is -2.57. The molecule has 0 saturated carbocycles. The van der Waals surface area contributed by atoms with Gasteiger partial charge in [0.15, 0.2) is 0 Å². The second-order valence-electron chi connectivity index (χ2n) is 5.83. The summed E-state index contributed by atoms with van der Waals surface area (Å²) in [5.41, 5.74) is 0. The van der Waals surface area contributed by atoms with Gasteiger partial charge in [0.05, 0.1) is 4.90 Å². The van der Waals surface area contributed by atoms with Crippen LogP contribution in [0.4, 0.5) is 4.39 Å². The van der Waals surface area contributed by atoms with E-state index in [1.165, 1.54) is 10.4 Å². The highest BCUT2D eigenvalue weighted by Gasteiger charge is 2.40. The van der Waals surface area contributed by atoms with Crippen molar-refractivity contribution >= 4 is 21.6 Å². The topological polar surface area (TPSA) is 40.6 Å². The third kappa shape index (κ3) is 2.82. The number of benzene rings is 1. The zero-order chi connectivity index (χ0) is 15.2. The van der Waals surface area contributed by atoms with Gasteiger partial charge in [-0.15, -0.1) is 0 Å². The fourth-order valence-electron chi connectivity index (χ4n) is 3.37. The van der Waals surface area contributed by atoms with E-state index in [-0.39, 0.29) is 16.0 Å². The maximum absolute atomic E-state index is 13.4. The molecule has 4 nitrogen and oxygen atoms in total. The molecule has 2 bridgehead atoms. The molecule has 0 amide bonds. The van der Waals surface area contributed by atoms with Crippen molar-refractivity contribution in [3.8, 4) is 0 Å². The van der Waals surface area contributed by atoms with Crippen LogP contribution in [0.2, 0.25) is 5.02 Å². The van der Waals surface area contributed by atoms with E-state index >= 15 is 0 Å². The van der Waals surface area contributed by atoms with E-state index in [9.17, 15) is 12.8 Å². The monoisotopic (exact) mass is 332 g/mol. The molecular weight excluding hydrogens is 315 g/mol. The van der Waals surface area contributed by atoms with Crippen LogP contribution in [0.15, 0.2) is 23.1 Å². The van der Waals surface area contributed by atoms with Gasteiger partial charge in [-0.2, -0.15) is 4.31 Å². The summed E-state index contributed by atoms with van der Waals surface area (Å²) in [5.74, 6) is -0.248. The highest BCUT2D eigenvalue weighted by Crippen LogP contribution is 2.33. The summed E-state index contributed by atoms with van der Waals surface area (Å²) >= 11 is 5.78. The van der Waals surface area contributed by atoms with Gasteiger partial charge in [0, 0.05) is 24.7 Å². The second kappa shape index (κ2) is 5.50. The number of likely N-dealkylation sites (N-methyl/N-ethyl adjacent to an activating group) is 1. The highest BCUT2D eigenvalue weighted by molar-refractivity contribution is 7.89. The van der Waals surface area contributed by atoms with Crippen LogP contribution < -0.4 is 0 Å². The normalized spacial score (nSPS) is 29.0. The van der Waals surface area contributed by atoms with Crippen molar-refractivity contribution in [1.29, 1.82) is 0 Å². The standard InChI is InChI=1S/C14H18ClFN2O2S/c1-17(14-9-18-4-2-10(14)3-5-18)21(19,20)13-7-11(15)6-12(16)8-13/h6-8,10,14H,2-5,9H2,1H3. The molecule has 3 aliphatic heterocycles. The van der Waals surface area contributed by atoms with Crippen molar-refractivity contribution < 1.29 is 12.8 Å². The van der Waals surface area contributed by atoms with E-state index in [1.54, 1.807) is 7.05 Å². The van der Waals surface area contributed by atoms with Gasteiger partial charge in [-0.1, -0.05) is 11.6 Å². The first-order chi connectivity index (χ1) is 9.88. The SMILES string of the molecule is CN(C1CN2CCC1CC2)S(=O)(=O)c1cc(F)cc(Cl)c1. The zero-order valence-electron chi connectivity index (χ0n) is 11.8. The molecule has 1 aromatic rings. The molecule has 3 aliphatic rings. The molecule has 21 heavy (non-hydrogen) atoms. The van der Waals surface area contributed by atoms with E-state index in [0.717, 1.165) is 44.6 Å². The Morgan fingerprint density at radius 1 is 1.29 bits per heavy atom. The van der Waals surface area contributed by atoms with E-state index in [4.69, 9.17) is 11.6 Å². The first-order valence-corrected chi connectivity index (χ1v) is 8.86. The number of nitrogens with zero attached hydrogens (tertiary/aromatic N) is 2. The van der Waals surface area contributed by atoms with Gasteiger partial charge in [-0.25, -0.2) is 12.8 Å². The number of sulfonamides is 1. The van der Waals surface area contributed by atoms with Crippen LogP contribution in [0.25, 0.3) is 0 Å². The second-order valence-corrected chi connectivity index (χ2v) is 8.27. The minimum absolute atomic E-state index is 0.0421. The average molecular weight is 333 g/mol. The highest BCUT2D eigenvalue weighted by atomic mass is 35.5. The number of rotatable bonds is 3. The number of fused-ring (bicyclic) bond motifs is 3. The molecule has 0 radical (unpaired) electrons. The van der Waals surface area contributed by atoms with Crippen LogP contribution in [-0.2, 0) is 10.0 Å². The summed E-state index contributed by atoms with van der Waals surface area (Å²) in [6.07, 6.45) is 2.04. The molecule has 116 valence electrons. The molecule has 1 unspecified atom stereocenters.